The highest BCUT2D eigenvalue weighted by Gasteiger charge is 2.44. The first-order valence-corrected chi connectivity index (χ1v) is 10.3. The number of thiazole rings is 1. The molecule has 0 saturated carbocycles. The summed E-state index contributed by atoms with van der Waals surface area (Å²) >= 11 is 10.9. The van der Waals surface area contributed by atoms with Crippen LogP contribution in [-0.4, -0.2) is 10.9 Å². The molecule has 28 heavy (non-hydrogen) atoms. The summed E-state index contributed by atoms with van der Waals surface area (Å²) in [6.45, 7) is 0. The summed E-state index contributed by atoms with van der Waals surface area (Å²) < 4.78 is 6.72. The Bertz CT molecular complexity index is 1300. The van der Waals surface area contributed by atoms with Crippen LogP contribution in [0.25, 0.3) is 11.0 Å². The highest BCUT2D eigenvalue weighted by atomic mass is 79.9. The molecule has 1 atom stereocenters. The zero-order valence-corrected chi connectivity index (χ0v) is 17.2. The van der Waals surface area contributed by atoms with Gasteiger partial charge in [-0.05, 0) is 35.9 Å². The number of aromatic nitrogens is 1. The lowest BCUT2D eigenvalue weighted by Gasteiger charge is -2.22. The van der Waals surface area contributed by atoms with Gasteiger partial charge in [0, 0.05) is 21.1 Å². The summed E-state index contributed by atoms with van der Waals surface area (Å²) in [7, 11) is 0. The lowest BCUT2D eigenvalue weighted by atomic mass is 9.99. The molecule has 0 unspecified atom stereocenters. The van der Waals surface area contributed by atoms with Crippen LogP contribution in [0.4, 0.5) is 5.13 Å². The predicted molar refractivity (Wildman–Crippen MR) is 112 cm³/mol. The molecule has 0 bridgehead atoms. The summed E-state index contributed by atoms with van der Waals surface area (Å²) in [5.74, 6) is -0.344. The van der Waals surface area contributed by atoms with E-state index in [1.165, 1.54) is 16.2 Å². The van der Waals surface area contributed by atoms with Crippen molar-refractivity contribution >= 4 is 60.9 Å². The SMILES string of the molecule is O=C1c2oc3ccc(Cl)cc3c(=O)c2[C@H](c2cccc(Br)c2)N1c1nccs1. The van der Waals surface area contributed by atoms with Crippen LogP contribution in [-0.2, 0) is 0 Å². The molecule has 4 aromatic rings. The molecule has 0 fully saturated rings. The van der Waals surface area contributed by atoms with Gasteiger partial charge in [-0.15, -0.1) is 11.3 Å². The van der Waals surface area contributed by atoms with E-state index in [-0.39, 0.29) is 17.1 Å². The summed E-state index contributed by atoms with van der Waals surface area (Å²) in [4.78, 5) is 32.4. The Morgan fingerprint density at radius 1 is 1.18 bits per heavy atom. The minimum atomic E-state index is -0.634. The van der Waals surface area contributed by atoms with Crippen LogP contribution in [0.15, 0.2) is 67.7 Å². The molecule has 5 rings (SSSR count). The van der Waals surface area contributed by atoms with Crippen molar-refractivity contribution in [3.05, 3.63) is 90.6 Å². The van der Waals surface area contributed by atoms with Gasteiger partial charge >= 0.3 is 0 Å². The quantitative estimate of drug-likeness (QED) is 0.390. The molecular weight excluding hydrogens is 464 g/mol. The second kappa shape index (κ2) is 6.55. The van der Waals surface area contributed by atoms with Gasteiger partial charge < -0.3 is 4.42 Å². The van der Waals surface area contributed by atoms with Crippen LogP contribution in [0.5, 0.6) is 0 Å². The molecular formula is C20H10BrClN2O3S. The first kappa shape index (κ1) is 17.6. The molecule has 2 aromatic carbocycles. The van der Waals surface area contributed by atoms with E-state index in [1.807, 2.05) is 24.3 Å². The van der Waals surface area contributed by atoms with Crippen molar-refractivity contribution in [3.63, 3.8) is 0 Å². The topological polar surface area (TPSA) is 63.4 Å². The van der Waals surface area contributed by atoms with E-state index in [9.17, 15) is 9.59 Å². The Kier molecular flexibility index (Phi) is 4.12. The Morgan fingerprint density at radius 2 is 2.04 bits per heavy atom. The van der Waals surface area contributed by atoms with Crippen LogP contribution in [0.1, 0.15) is 27.7 Å². The zero-order valence-electron chi connectivity index (χ0n) is 14.1. The molecule has 0 saturated heterocycles. The van der Waals surface area contributed by atoms with Gasteiger partial charge in [0.1, 0.15) is 5.58 Å². The van der Waals surface area contributed by atoms with Crippen molar-refractivity contribution in [2.45, 2.75) is 6.04 Å². The molecule has 138 valence electrons. The number of amides is 1. The van der Waals surface area contributed by atoms with Gasteiger partial charge in [-0.25, -0.2) is 4.98 Å². The van der Waals surface area contributed by atoms with Crippen LogP contribution in [0.2, 0.25) is 5.02 Å². The van der Waals surface area contributed by atoms with Crippen molar-refractivity contribution in [2.75, 3.05) is 4.90 Å². The number of carbonyl (C=O) groups is 1. The third kappa shape index (κ3) is 2.62. The Hall–Kier alpha value is -2.48. The smallest absolute Gasteiger partial charge is 0.297 e. The average Bonchev–Trinajstić information content (AvgIpc) is 3.29. The summed E-state index contributed by atoms with van der Waals surface area (Å²) in [5.41, 5.74) is 1.14. The Morgan fingerprint density at radius 3 is 2.79 bits per heavy atom. The normalized spacial score (nSPS) is 16.0. The highest BCUT2D eigenvalue weighted by Crippen LogP contribution is 2.42. The van der Waals surface area contributed by atoms with E-state index in [0.717, 1.165) is 10.0 Å². The Balaban J connectivity index is 1.85. The van der Waals surface area contributed by atoms with Crippen LogP contribution in [0.3, 0.4) is 0 Å². The average molecular weight is 474 g/mol. The fraction of sp³-hybridized carbons (Fsp3) is 0.0500. The molecule has 2 aromatic heterocycles. The molecule has 0 N–H and O–H groups in total. The standard InChI is InChI=1S/C20H10BrClN2O3S/c21-11-3-1-2-10(8-11)16-15-17(25)13-9-12(22)4-5-14(13)27-18(15)19(26)24(16)20-23-6-7-28-20/h1-9,16H/t16-/m0/s1. The van der Waals surface area contributed by atoms with Gasteiger partial charge in [0.05, 0.1) is 17.0 Å². The van der Waals surface area contributed by atoms with Crippen LogP contribution >= 0.6 is 38.9 Å². The van der Waals surface area contributed by atoms with Crippen molar-refractivity contribution in [1.29, 1.82) is 0 Å². The van der Waals surface area contributed by atoms with Crippen molar-refractivity contribution in [1.82, 2.24) is 4.98 Å². The molecule has 1 amide bonds. The second-order valence-corrected chi connectivity index (χ2v) is 8.49. The first-order chi connectivity index (χ1) is 13.5. The maximum atomic E-state index is 13.4. The molecule has 3 heterocycles. The van der Waals surface area contributed by atoms with E-state index in [4.69, 9.17) is 16.0 Å². The van der Waals surface area contributed by atoms with Gasteiger partial charge in [0.25, 0.3) is 5.91 Å². The van der Waals surface area contributed by atoms with Crippen molar-refractivity contribution < 1.29 is 9.21 Å². The lowest BCUT2D eigenvalue weighted by Crippen LogP contribution is -2.29. The van der Waals surface area contributed by atoms with E-state index in [2.05, 4.69) is 20.9 Å². The molecule has 0 aliphatic carbocycles. The maximum Gasteiger partial charge on any atom is 0.297 e. The van der Waals surface area contributed by atoms with Gasteiger partial charge in [0.2, 0.25) is 5.76 Å². The molecule has 8 heteroatoms. The summed E-state index contributed by atoms with van der Waals surface area (Å²) in [6.07, 6.45) is 1.62. The number of hydrogen-bond donors (Lipinski definition) is 0. The first-order valence-electron chi connectivity index (χ1n) is 8.29. The zero-order chi connectivity index (χ0) is 19.4. The number of benzene rings is 2. The molecule has 1 aliphatic heterocycles. The number of carbonyl (C=O) groups excluding carboxylic acids is 1. The predicted octanol–water partition coefficient (Wildman–Crippen LogP) is 5.42. The molecule has 5 nitrogen and oxygen atoms in total. The van der Waals surface area contributed by atoms with Crippen LogP contribution < -0.4 is 10.3 Å². The number of halogens is 2. The Labute approximate surface area is 176 Å². The summed E-state index contributed by atoms with van der Waals surface area (Å²) in [6, 6.07) is 11.7. The molecule has 0 radical (unpaired) electrons. The number of rotatable bonds is 2. The lowest BCUT2D eigenvalue weighted by molar-refractivity contribution is 0.0971. The second-order valence-electron chi connectivity index (χ2n) is 6.26. The largest absolute Gasteiger partial charge is 0.450 e. The van der Waals surface area contributed by atoms with Crippen molar-refractivity contribution in [3.8, 4) is 0 Å². The molecule has 1 aliphatic rings. The maximum absolute atomic E-state index is 13.4. The number of anilines is 1. The van der Waals surface area contributed by atoms with E-state index < -0.39 is 6.04 Å². The van der Waals surface area contributed by atoms with Crippen LogP contribution in [0, 0.1) is 0 Å². The van der Waals surface area contributed by atoms with E-state index in [0.29, 0.717) is 26.7 Å². The highest BCUT2D eigenvalue weighted by molar-refractivity contribution is 9.10. The van der Waals surface area contributed by atoms with Gasteiger partial charge in [-0.2, -0.15) is 0 Å². The van der Waals surface area contributed by atoms with E-state index >= 15 is 0 Å². The fourth-order valence-electron chi connectivity index (χ4n) is 3.47. The minimum Gasteiger partial charge on any atom is -0.450 e. The van der Waals surface area contributed by atoms with Gasteiger partial charge in [-0.3, -0.25) is 14.5 Å². The summed E-state index contributed by atoms with van der Waals surface area (Å²) in [5, 5.41) is 3.07. The number of nitrogens with zero attached hydrogens (tertiary/aromatic N) is 2. The fourth-order valence-corrected chi connectivity index (χ4v) is 4.73. The molecule has 0 spiro atoms. The third-order valence-electron chi connectivity index (χ3n) is 4.62. The minimum absolute atomic E-state index is 0.0417. The van der Waals surface area contributed by atoms with Crippen molar-refractivity contribution in [2.24, 2.45) is 0 Å². The number of hydrogen-bond acceptors (Lipinski definition) is 5. The number of fused-ring (bicyclic) bond motifs is 2. The van der Waals surface area contributed by atoms with E-state index in [1.54, 1.807) is 29.8 Å². The van der Waals surface area contributed by atoms with Gasteiger partial charge in [-0.1, -0.05) is 39.7 Å². The third-order valence-corrected chi connectivity index (χ3v) is 6.12. The van der Waals surface area contributed by atoms with Gasteiger partial charge in [0.15, 0.2) is 10.6 Å². The monoisotopic (exact) mass is 472 g/mol.